The number of aromatic carboxylic acids is 1. The van der Waals surface area contributed by atoms with Gasteiger partial charge in [-0.25, -0.2) is 9.59 Å². The second-order valence-electron chi connectivity index (χ2n) is 6.33. The monoisotopic (exact) mass is 479 g/mol. The van der Waals surface area contributed by atoms with Gasteiger partial charge in [-0.15, -0.1) is 0 Å². The normalized spacial score (nSPS) is 11.0. The minimum absolute atomic E-state index is 0.195. The molecule has 0 saturated carbocycles. The molecule has 0 amide bonds. The predicted molar refractivity (Wildman–Crippen MR) is 122 cm³/mol. The first-order valence-corrected chi connectivity index (χ1v) is 9.95. The van der Waals surface area contributed by atoms with Crippen molar-refractivity contribution in [1.29, 1.82) is 0 Å². The molecule has 0 atom stereocenters. The number of rotatable bonds is 7. The summed E-state index contributed by atoms with van der Waals surface area (Å²) in [6.45, 7) is 0. The van der Waals surface area contributed by atoms with E-state index < -0.39 is 11.9 Å². The molecule has 3 aromatic carbocycles. The zero-order valence-corrected chi connectivity index (χ0v) is 18.1. The van der Waals surface area contributed by atoms with E-state index in [1.54, 1.807) is 42.6 Å². The van der Waals surface area contributed by atoms with Gasteiger partial charge < -0.3 is 14.6 Å². The third-order valence-corrected chi connectivity index (χ3v) is 4.69. The number of benzene rings is 3. The first kappa shape index (κ1) is 22.0. The average Bonchev–Trinajstić information content (AvgIpc) is 2.78. The predicted octanol–water partition coefficient (Wildman–Crippen LogP) is 5.53. The number of halogens is 1. The van der Waals surface area contributed by atoms with Crippen molar-refractivity contribution in [2.75, 3.05) is 7.11 Å². The van der Waals surface area contributed by atoms with Crippen LogP contribution < -0.4 is 9.47 Å². The van der Waals surface area contributed by atoms with Crippen LogP contribution in [0.1, 0.15) is 21.5 Å². The van der Waals surface area contributed by atoms with Crippen LogP contribution in [-0.4, -0.2) is 30.4 Å². The number of carbonyl (C=O) groups is 2. The standard InChI is InChI=1S/C24H18BrNO5/c1-30-22-14-17(15-26-20-10-6-18(7-11-20)24(28)29)4-12-21(22)31-23(27)13-5-16-2-8-19(25)9-3-16/h2-15H,1H3,(H,28,29)/b13-5+,26-15?. The van der Waals surface area contributed by atoms with Crippen LogP contribution in [-0.2, 0) is 4.79 Å². The number of esters is 1. The smallest absolute Gasteiger partial charge is 0.336 e. The zero-order valence-electron chi connectivity index (χ0n) is 16.5. The molecule has 6 nitrogen and oxygen atoms in total. The quantitative estimate of drug-likeness (QED) is 0.208. The fourth-order valence-electron chi connectivity index (χ4n) is 2.57. The van der Waals surface area contributed by atoms with Gasteiger partial charge >= 0.3 is 11.9 Å². The summed E-state index contributed by atoms with van der Waals surface area (Å²) < 4.78 is 11.7. The van der Waals surface area contributed by atoms with Crippen LogP contribution in [0.2, 0.25) is 0 Å². The van der Waals surface area contributed by atoms with Crippen molar-refractivity contribution in [3.05, 3.63) is 94.0 Å². The molecule has 0 radical (unpaired) electrons. The number of carbonyl (C=O) groups excluding carboxylic acids is 1. The lowest BCUT2D eigenvalue weighted by atomic mass is 10.2. The highest BCUT2D eigenvalue weighted by Crippen LogP contribution is 2.28. The van der Waals surface area contributed by atoms with Crippen molar-refractivity contribution in [1.82, 2.24) is 0 Å². The zero-order chi connectivity index (χ0) is 22.2. The number of methoxy groups -OCH3 is 1. The molecule has 0 aliphatic rings. The fraction of sp³-hybridized carbons (Fsp3) is 0.0417. The molecular weight excluding hydrogens is 462 g/mol. The van der Waals surface area contributed by atoms with Crippen LogP contribution in [0.3, 0.4) is 0 Å². The van der Waals surface area contributed by atoms with E-state index in [1.165, 1.54) is 25.3 Å². The summed E-state index contributed by atoms with van der Waals surface area (Å²) in [6, 6.07) is 18.8. The Balaban J connectivity index is 1.68. The van der Waals surface area contributed by atoms with Gasteiger partial charge in [0, 0.05) is 16.8 Å². The maximum atomic E-state index is 12.1. The van der Waals surface area contributed by atoms with Crippen molar-refractivity contribution in [3.8, 4) is 11.5 Å². The molecule has 156 valence electrons. The van der Waals surface area contributed by atoms with Gasteiger partial charge in [0.05, 0.1) is 18.4 Å². The molecule has 0 spiro atoms. The molecule has 0 heterocycles. The van der Waals surface area contributed by atoms with Crippen LogP contribution in [0.5, 0.6) is 11.5 Å². The first-order valence-electron chi connectivity index (χ1n) is 9.15. The number of ether oxygens (including phenoxy) is 2. The van der Waals surface area contributed by atoms with Crippen LogP contribution in [0.25, 0.3) is 6.08 Å². The van der Waals surface area contributed by atoms with E-state index in [9.17, 15) is 9.59 Å². The lowest BCUT2D eigenvalue weighted by Crippen LogP contribution is -2.05. The van der Waals surface area contributed by atoms with Crippen molar-refractivity contribution < 1.29 is 24.2 Å². The summed E-state index contributed by atoms with van der Waals surface area (Å²) in [7, 11) is 1.48. The van der Waals surface area contributed by atoms with Gasteiger partial charge in [-0.05, 0) is 71.8 Å². The fourth-order valence-corrected chi connectivity index (χ4v) is 2.83. The Morgan fingerprint density at radius 1 is 0.935 bits per heavy atom. The molecule has 0 bridgehead atoms. The molecule has 0 saturated heterocycles. The van der Waals surface area contributed by atoms with E-state index in [1.807, 2.05) is 24.3 Å². The van der Waals surface area contributed by atoms with E-state index in [2.05, 4.69) is 20.9 Å². The maximum absolute atomic E-state index is 12.1. The Morgan fingerprint density at radius 3 is 2.26 bits per heavy atom. The number of hydrogen-bond acceptors (Lipinski definition) is 5. The van der Waals surface area contributed by atoms with Gasteiger partial charge in [-0.3, -0.25) is 4.99 Å². The molecule has 31 heavy (non-hydrogen) atoms. The lowest BCUT2D eigenvalue weighted by molar-refractivity contribution is -0.129. The number of hydrogen-bond donors (Lipinski definition) is 1. The van der Waals surface area contributed by atoms with Crippen LogP contribution in [0, 0.1) is 0 Å². The van der Waals surface area contributed by atoms with E-state index in [-0.39, 0.29) is 11.3 Å². The second-order valence-corrected chi connectivity index (χ2v) is 7.24. The third kappa shape index (κ3) is 6.38. The maximum Gasteiger partial charge on any atom is 0.336 e. The topological polar surface area (TPSA) is 85.2 Å². The molecule has 0 aromatic heterocycles. The molecule has 1 N–H and O–H groups in total. The van der Waals surface area contributed by atoms with E-state index in [0.717, 1.165) is 15.6 Å². The Morgan fingerprint density at radius 2 is 1.61 bits per heavy atom. The Hall–Kier alpha value is -3.71. The van der Waals surface area contributed by atoms with Gasteiger partial charge in [-0.1, -0.05) is 28.1 Å². The molecule has 0 aliphatic carbocycles. The molecule has 0 unspecified atom stereocenters. The highest BCUT2D eigenvalue weighted by atomic mass is 79.9. The summed E-state index contributed by atoms with van der Waals surface area (Å²) in [5.41, 5.74) is 2.40. The second kappa shape index (κ2) is 10.4. The van der Waals surface area contributed by atoms with E-state index in [4.69, 9.17) is 14.6 Å². The van der Waals surface area contributed by atoms with Crippen molar-refractivity contribution in [3.63, 3.8) is 0 Å². The van der Waals surface area contributed by atoms with Crippen LogP contribution in [0.15, 0.2) is 82.3 Å². The van der Waals surface area contributed by atoms with Gasteiger partial charge in [0.25, 0.3) is 0 Å². The summed E-state index contributed by atoms with van der Waals surface area (Å²) in [6.07, 6.45) is 4.62. The number of carboxylic acid groups (broad SMARTS) is 1. The first-order chi connectivity index (χ1) is 14.9. The summed E-state index contributed by atoms with van der Waals surface area (Å²) in [5, 5.41) is 8.94. The number of carboxylic acids is 1. The van der Waals surface area contributed by atoms with E-state index >= 15 is 0 Å². The summed E-state index contributed by atoms with van der Waals surface area (Å²) in [4.78, 5) is 27.4. The van der Waals surface area contributed by atoms with Crippen molar-refractivity contribution in [2.45, 2.75) is 0 Å². The van der Waals surface area contributed by atoms with Gasteiger partial charge in [0.1, 0.15) is 0 Å². The van der Waals surface area contributed by atoms with Gasteiger partial charge in [-0.2, -0.15) is 0 Å². The minimum Gasteiger partial charge on any atom is -0.493 e. The van der Waals surface area contributed by atoms with Gasteiger partial charge in [0.15, 0.2) is 11.5 Å². The Kier molecular flexibility index (Phi) is 7.35. The average molecular weight is 480 g/mol. The largest absolute Gasteiger partial charge is 0.493 e. The lowest BCUT2D eigenvalue weighted by Gasteiger charge is -2.08. The van der Waals surface area contributed by atoms with Crippen LogP contribution >= 0.6 is 15.9 Å². The summed E-state index contributed by atoms with van der Waals surface area (Å²) >= 11 is 3.36. The highest BCUT2D eigenvalue weighted by Gasteiger charge is 2.09. The molecule has 3 aromatic rings. The number of aliphatic imine (C=N–C) groups is 1. The Labute approximate surface area is 187 Å². The minimum atomic E-state index is -0.989. The molecule has 3 rings (SSSR count). The molecule has 0 fully saturated rings. The SMILES string of the molecule is COc1cc(C=Nc2ccc(C(=O)O)cc2)ccc1OC(=O)/C=C/c1ccc(Br)cc1. The number of nitrogens with zero attached hydrogens (tertiary/aromatic N) is 1. The highest BCUT2D eigenvalue weighted by molar-refractivity contribution is 9.10. The van der Waals surface area contributed by atoms with Crippen molar-refractivity contribution in [2.24, 2.45) is 4.99 Å². The molecular formula is C24H18BrNO5. The van der Waals surface area contributed by atoms with Crippen molar-refractivity contribution >= 4 is 45.8 Å². The van der Waals surface area contributed by atoms with E-state index in [0.29, 0.717) is 11.4 Å². The molecule has 0 aliphatic heterocycles. The molecule has 7 heteroatoms. The van der Waals surface area contributed by atoms with Gasteiger partial charge in [0.2, 0.25) is 0 Å². The third-order valence-electron chi connectivity index (χ3n) is 4.16. The van der Waals surface area contributed by atoms with Crippen LogP contribution in [0.4, 0.5) is 5.69 Å². The Bertz CT molecular complexity index is 1140. The summed E-state index contributed by atoms with van der Waals surface area (Å²) in [5.74, 6) is -0.843.